The Morgan fingerprint density at radius 1 is 1.48 bits per heavy atom. The largest absolute Gasteiger partial charge is 0.469 e. The number of hydrogen-bond donors (Lipinski definition) is 0. The molecule has 2 rings (SSSR count). The van der Waals surface area contributed by atoms with E-state index < -0.39 is 4.92 Å². The molecule has 1 aromatic carbocycles. The normalized spacial score (nSPS) is 12.1. The van der Waals surface area contributed by atoms with Gasteiger partial charge in [0.15, 0.2) is 0 Å². The molecule has 1 unspecified atom stereocenters. The van der Waals surface area contributed by atoms with Crippen molar-refractivity contribution in [3.8, 4) is 0 Å². The Labute approximate surface area is 124 Å². The summed E-state index contributed by atoms with van der Waals surface area (Å²) in [5.74, 6) is -0.114. The van der Waals surface area contributed by atoms with Crippen LogP contribution < -0.4 is 0 Å². The van der Waals surface area contributed by atoms with E-state index in [1.807, 2.05) is 0 Å². The van der Waals surface area contributed by atoms with Crippen molar-refractivity contribution in [1.82, 2.24) is 9.97 Å². The van der Waals surface area contributed by atoms with E-state index in [0.717, 1.165) is 0 Å². The molecule has 0 aliphatic heterocycles. The molecule has 0 aliphatic rings. The SMILES string of the molecule is COC(=O)C(C)CSc1ncnc2ccc([N+](=O)[O-])cc12. The second-order valence-corrected chi connectivity index (χ2v) is 5.38. The summed E-state index contributed by atoms with van der Waals surface area (Å²) < 4.78 is 4.66. The molecular formula is C13H13N3O4S. The van der Waals surface area contributed by atoms with Gasteiger partial charge in [0, 0.05) is 23.3 Å². The predicted molar refractivity (Wildman–Crippen MR) is 78.1 cm³/mol. The summed E-state index contributed by atoms with van der Waals surface area (Å²) >= 11 is 1.35. The number of nitro benzene ring substituents is 1. The second-order valence-electron chi connectivity index (χ2n) is 4.37. The highest BCUT2D eigenvalue weighted by molar-refractivity contribution is 7.99. The Bertz CT molecular complexity index is 692. The molecule has 7 nitrogen and oxygen atoms in total. The highest BCUT2D eigenvalue weighted by Gasteiger charge is 2.16. The van der Waals surface area contributed by atoms with Crippen LogP contribution in [0.5, 0.6) is 0 Å². The number of esters is 1. The lowest BCUT2D eigenvalue weighted by Gasteiger charge is -2.09. The standard InChI is InChI=1S/C13H13N3O4S/c1-8(13(17)20-2)6-21-12-10-5-9(16(18)19)3-4-11(10)14-7-15-12/h3-5,7-8H,6H2,1-2H3. The Hall–Kier alpha value is -2.22. The summed E-state index contributed by atoms with van der Waals surface area (Å²) in [6.07, 6.45) is 1.40. The smallest absolute Gasteiger partial charge is 0.309 e. The Morgan fingerprint density at radius 2 is 2.24 bits per heavy atom. The lowest BCUT2D eigenvalue weighted by atomic mass is 10.2. The number of hydrogen-bond acceptors (Lipinski definition) is 7. The number of nitrogens with zero attached hydrogens (tertiary/aromatic N) is 3. The molecule has 0 saturated heterocycles. The van der Waals surface area contributed by atoms with Gasteiger partial charge in [0.25, 0.3) is 5.69 Å². The van der Waals surface area contributed by atoms with Gasteiger partial charge in [-0.25, -0.2) is 9.97 Å². The quantitative estimate of drug-likeness (QED) is 0.275. The van der Waals surface area contributed by atoms with Gasteiger partial charge < -0.3 is 4.74 Å². The van der Waals surface area contributed by atoms with Gasteiger partial charge in [0.2, 0.25) is 0 Å². The maximum absolute atomic E-state index is 11.4. The number of carbonyl (C=O) groups excluding carboxylic acids is 1. The third-order valence-electron chi connectivity index (χ3n) is 2.87. The van der Waals surface area contributed by atoms with E-state index in [1.165, 1.54) is 37.3 Å². The first-order chi connectivity index (χ1) is 10.0. The van der Waals surface area contributed by atoms with Crippen molar-refractivity contribution >= 4 is 34.3 Å². The minimum Gasteiger partial charge on any atom is -0.469 e. The second kappa shape index (κ2) is 6.49. The Balaban J connectivity index is 2.28. The van der Waals surface area contributed by atoms with Gasteiger partial charge in [-0.1, -0.05) is 6.92 Å². The molecule has 0 fully saturated rings. The van der Waals surface area contributed by atoms with E-state index in [-0.39, 0.29) is 17.6 Å². The zero-order chi connectivity index (χ0) is 15.4. The average Bonchev–Trinajstić information content (AvgIpc) is 2.50. The average molecular weight is 307 g/mol. The van der Waals surface area contributed by atoms with E-state index >= 15 is 0 Å². The zero-order valence-corrected chi connectivity index (χ0v) is 12.3. The van der Waals surface area contributed by atoms with Crippen molar-refractivity contribution in [2.24, 2.45) is 5.92 Å². The number of ether oxygens (including phenoxy) is 1. The van der Waals surface area contributed by atoms with Gasteiger partial charge in [-0.3, -0.25) is 14.9 Å². The maximum Gasteiger partial charge on any atom is 0.309 e. The highest BCUT2D eigenvalue weighted by Crippen LogP contribution is 2.28. The number of benzene rings is 1. The first-order valence-corrected chi connectivity index (χ1v) is 7.11. The van der Waals surface area contributed by atoms with Crippen LogP contribution in [0.3, 0.4) is 0 Å². The molecule has 0 radical (unpaired) electrons. The van der Waals surface area contributed by atoms with Gasteiger partial charge in [0.1, 0.15) is 11.4 Å². The topological polar surface area (TPSA) is 95.2 Å². The molecule has 110 valence electrons. The lowest BCUT2D eigenvalue weighted by molar-refractivity contribution is -0.384. The molecule has 8 heteroatoms. The van der Waals surface area contributed by atoms with Gasteiger partial charge in [-0.15, -0.1) is 11.8 Å². The fraction of sp³-hybridized carbons (Fsp3) is 0.308. The number of carbonyl (C=O) groups is 1. The van der Waals surface area contributed by atoms with Crippen LogP contribution in [0.15, 0.2) is 29.6 Å². The van der Waals surface area contributed by atoms with Crippen molar-refractivity contribution in [3.63, 3.8) is 0 Å². The Morgan fingerprint density at radius 3 is 2.90 bits per heavy atom. The van der Waals surface area contributed by atoms with Crippen molar-refractivity contribution in [2.75, 3.05) is 12.9 Å². The zero-order valence-electron chi connectivity index (χ0n) is 11.5. The molecule has 0 saturated carbocycles. The molecule has 0 amide bonds. The summed E-state index contributed by atoms with van der Waals surface area (Å²) in [6.45, 7) is 1.75. The van der Waals surface area contributed by atoms with Crippen LogP contribution in [-0.2, 0) is 9.53 Å². The number of methoxy groups -OCH3 is 1. The molecule has 2 aromatic rings. The summed E-state index contributed by atoms with van der Waals surface area (Å²) in [6, 6.07) is 4.43. The maximum atomic E-state index is 11.4. The van der Waals surface area contributed by atoms with E-state index in [0.29, 0.717) is 21.7 Å². The van der Waals surface area contributed by atoms with Gasteiger partial charge in [-0.05, 0) is 6.07 Å². The van der Waals surface area contributed by atoms with Crippen molar-refractivity contribution in [1.29, 1.82) is 0 Å². The summed E-state index contributed by atoms with van der Waals surface area (Å²) in [5, 5.41) is 12.1. The van der Waals surface area contributed by atoms with E-state index in [4.69, 9.17) is 0 Å². The van der Waals surface area contributed by atoms with Crippen LogP contribution in [0, 0.1) is 16.0 Å². The van der Waals surface area contributed by atoms with E-state index in [9.17, 15) is 14.9 Å². The number of non-ortho nitro benzene ring substituents is 1. The minimum atomic E-state index is -0.460. The summed E-state index contributed by atoms with van der Waals surface area (Å²) in [7, 11) is 1.34. The summed E-state index contributed by atoms with van der Waals surface area (Å²) in [5.41, 5.74) is 0.615. The van der Waals surface area contributed by atoms with Crippen LogP contribution in [0.25, 0.3) is 10.9 Å². The summed E-state index contributed by atoms with van der Waals surface area (Å²) in [4.78, 5) is 30.0. The predicted octanol–water partition coefficient (Wildman–Crippen LogP) is 2.44. The monoisotopic (exact) mass is 307 g/mol. The van der Waals surface area contributed by atoms with Crippen LogP contribution in [-0.4, -0.2) is 33.7 Å². The third kappa shape index (κ3) is 3.46. The van der Waals surface area contributed by atoms with Crippen LogP contribution in [0.1, 0.15) is 6.92 Å². The van der Waals surface area contributed by atoms with E-state index in [2.05, 4.69) is 14.7 Å². The Kier molecular flexibility index (Phi) is 4.69. The van der Waals surface area contributed by atoms with Gasteiger partial charge in [-0.2, -0.15) is 0 Å². The fourth-order valence-corrected chi connectivity index (χ4v) is 2.71. The third-order valence-corrected chi connectivity index (χ3v) is 4.13. The lowest BCUT2D eigenvalue weighted by Crippen LogP contribution is -2.14. The molecular weight excluding hydrogens is 294 g/mol. The molecule has 1 aromatic heterocycles. The number of thioether (sulfide) groups is 1. The van der Waals surface area contributed by atoms with Crippen LogP contribution in [0.4, 0.5) is 5.69 Å². The molecule has 1 heterocycles. The van der Waals surface area contributed by atoms with Crippen molar-refractivity contribution in [2.45, 2.75) is 11.9 Å². The molecule has 21 heavy (non-hydrogen) atoms. The number of fused-ring (bicyclic) bond motifs is 1. The van der Waals surface area contributed by atoms with Crippen molar-refractivity contribution < 1.29 is 14.5 Å². The van der Waals surface area contributed by atoms with Crippen LogP contribution in [0.2, 0.25) is 0 Å². The molecule has 0 aliphatic carbocycles. The van der Waals surface area contributed by atoms with Crippen LogP contribution >= 0.6 is 11.8 Å². The number of aromatic nitrogens is 2. The van der Waals surface area contributed by atoms with E-state index in [1.54, 1.807) is 13.0 Å². The number of nitro groups is 1. The molecule has 0 spiro atoms. The molecule has 0 N–H and O–H groups in total. The van der Waals surface area contributed by atoms with Gasteiger partial charge >= 0.3 is 5.97 Å². The molecule has 0 bridgehead atoms. The number of rotatable bonds is 5. The minimum absolute atomic E-state index is 0.0137. The highest BCUT2D eigenvalue weighted by atomic mass is 32.2. The molecule has 1 atom stereocenters. The van der Waals surface area contributed by atoms with Gasteiger partial charge in [0.05, 0.1) is 23.5 Å². The first-order valence-electron chi connectivity index (χ1n) is 6.12. The first kappa shape index (κ1) is 15.2. The fourth-order valence-electron chi connectivity index (χ4n) is 1.72. The van der Waals surface area contributed by atoms with Crippen molar-refractivity contribution in [3.05, 3.63) is 34.6 Å².